The Labute approximate surface area is 165 Å². The van der Waals surface area contributed by atoms with Crippen molar-refractivity contribution in [3.8, 4) is 17.2 Å². The third kappa shape index (κ3) is 4.37. The molecule has 1 aromatic heterocycles. The summed E-state index contributed by atoms with van der Waals surface area (Å²) in [5.74, 6) is 0.600. The molecule has 7 nitrogen and oxygen atoms in total. The van der Waals surface area contributed by atoms with E-state index in [-0.39, 0.29) is 37.2 Å². The molecule has 0 saturated carbocycles. The molecule has 1 aliphatic rings. The smallest absolute Gasteiger partial charge is 0.268 e. The molecule has 0 unspecified atom stereocenters. The van der Waals surface area contributed by atoms with Gasteiger partial charge in [-0.05, 0) is 35.4 Å². The fraction of sp³-hybridized carbons (Fsp3) is 0.143. The Kier molecular flexibility index (Phi) is 5.15. The Morgan fingerprint density at radius 1 is 1.07 bits per heavy atom. The number of ether oxygens (including phenoxy) is 3. The summed E-state index contributed by atoms with van der Waals surface area (Å²) < 4.78 is 28.9. The van der Waals surface area contributed by atoms with Gasteiger partial charge in [0.25, 0.3) is 5.91 Å². The van der Waals surface area contributed by atoms with E-state index < -0.39 is 11.3 Å². The number of fused-ring (bicyclic) bond motifs is 1. The van der Waals surface area contributed by atoms with Crippen LogP contribution in [-0.4, -0.2) is 17.7 Å². The zero-order chi connectivity index (χ0) is 20.2. The largest absolute Gasteiger partial charge is 0.483 e. The van der Waals surface area contributed by atoms with E-state index in [1.807, 2.05) is 6.07 Å². The highest BCUT2D eigenvalue weighted by molar-refractivity contribution is 5.92. The van der Waals surface area contributed by atoms with Crippen molar-refractivity contribution in [1.29, 1.82) is 0 Å². The fourth-order valence-electron chi connectivity index (χ4n) is 2.77. The Morgan fingerprint density at radius 3 is 2.62 bits per heavy atom. The molecule has 0 spiro atoms. The molecule has 0 fully saturated rings. The molecule has 1 amide bonds. The van der Waals surface area contributed by atoms with Gasteiger partial charge in [-0.2, -0.15) is 0 Å². The minimum Gasteiger partial charge on any atom is -0.483 e. The second kappa shape index (κ2) is 8.05. The van der Waals surface area contributed by atoms with E-state index in [4.69, 9.17) is 14.2 Å². The van der Waals surface area contributed by atoms with Crippen LogP contribution in [0.15, 0.2) is 59.5 Å². The Hall–Kier alpha value is -3.81. The van der Waals surface area contributed by atoms with E-state index in [1.54, 1.807) is 24.3 Å². The fourth-order valence-corrected chi connectivity index (χ4v) is 2.77. The molecular weight excluding hydrogens is 379 g/mol. The van der Waals surface area contributed by atoms with Gasteiger partial charge in [-0.15, -0.1) is 0 Å². The molecule has 0 radical (unpaired) electrons. The van der Waals surface area contributed by atoms with E-state index in [0.29, 0.717) is 11.5 Å². The van der Waals surface area contributed by atoms with Gasteiger partial charge in [-0.1, -0.05) is 18.2 Å². The van der Waals surface area contributed by atoms with Crippen molar-refractivity contribution in [3.05, 3.63) is 87.6 Å². The minimum atomic E-state index is -0.431. The predicted octanol–water partition coefficient (Wildman–Crippen LogP) is 2.75. The highest BCUT2D eigenvalue weighted by Crippen LogP contribution is 2.32. The number of carbonyl (C=O) groups is 1. The van der Waals surface area contributed by atoms with Crippen LogP contribution in [0.1, 0.15) is 21.6 Å². The summed E-state index contributed by atoms with van der Waals surface area (Å²) >= 11 is 0. The summed E-state index contributed by atoms with van der Waals surface area (Å²) in [6.45, 7) is 0.557. The predicted molar refractivity (Wildman–Crippen MR) is 102 cm³/mol. The van der Waals surface area contributed by atoms with Crippen LogP contribution in [0.2, 0.25) is 0 Å². The van der Waals surface area contributed by atoms with Crippen molar-refractivity contribution < 1.29 is 23.4 Å². The molecule has 0 aliphatic carbocycles. The van der Waals surface area contributed by atoms with Crippen LogP contribution in [0.25, 0.3) is 0 Å². The summed E-state index contributed by atoms with van der Waals surface area (Å²) in [4.78, 5) is 27.3. The average Bonchev–Trinajstić information content (AvgIpc) is 3.20. The first-order valence-corrected chi connectivity index (χ1v) is 8.85. The van der Waals surface area contributed by atoms with E-state index in [0.717, 1.165) is 11.1 Å². The number of amides is 1. The zero-order valence-corrected chi connectivity index (χ0v) is 15.2. The van der Waals surface area contributed by atoms with E-state index in [2.05, 4.69) is 10.3 Å². The van der Waals surface area contributed by atoms with Crippen LogP contribution in [0.5, 0.6) is 17.2 Å². The highest BCUT2D eigenvalue weighted by atomic mass is 19.1. The maximum atomic E-state index is 12.9. The van der Waals surface area contributed by atoms with Crippen molar-refractivity contribution >= 4 is 5.91 Å². The van der Waals surface area contributed by atoms with Gasteiger partial charge in [-0.25, -0.2) is 4.39 Å². The quantitative estimate of drug-likeness (QED) is 0.669. The van der Waals surface area contributed by atoms with Crippen molar-refractivity contribution in [2.75, 3.05) is 6.79 Å². The first kappa shape index (κ1) is 18.5. The molecule has 8 heteroatoms. The van der Waals surface area contributed by atoms with E-state index in [9.17, 15) is 14.0 Å². The number of hydrogen-bond acceptors (Lipinski definition) is 5. The number of hydrogen-bond donors (Lipinski definition) is 2. The third-order valence-corrected chi connectivity index (χ3v) is 4.32. The molecule has 2 aromatic carbocycles. The van der Waals surface area contributed by atoms with Crippen LogP contribution < -0.4 is 25.0 Å². The van der Waals surface area contributed by atoms with E-state index >= 15 is 0 Å². The Balaban J connectivity index is 1.36. The van der Waals surface area contributed by atoms with Crippen molar-refractivity contribution in [2.45, 2.75) is 13.2 Å². The van der Waals surface area contributed by atoms with Gasteiger partial charge in [0.05, 0.1) is 0 Å². The molecule has 2 heterocycles. The number of aromatic amines is 1. The number of benzene rings is 2. The zero-order valence-electron chi connectivity index (χ0n) is 15.2. The molecule has 0 bridgehead atoms. The molecule has 3 aromatic rings. The number of H-pyrrole nitrogens is 1. The lowest BCUT2D eigenvalue weighted by Crippen LogP contribution is -2.25. The summed E-state index contributed by atoms with van der Waals surface area (Å²) in [5, 5.41) is 2.73. The van der Waals surface area contributed by atoms with Gasteiger partial charge in [0.1, 0.15) is 18.1 Å². The van der Waals surface area contributed by atoms with Crippen LogP contribution in [0.4, 0.5) is 4.39 Å². The summed E-state index contributed by atoms with van der Waals surface area (Å²) in [5.41, 5.74) is 1.24. The van der Waals surface area contributed by atoms with Gasteiger partial charge < -0.3 is 24.5 Å². The maximum absolute atomic E-state index is 12.9. The molecule has 1 aliphatic heterocycles. The molecular formula is C21H17FN2O5. The Morgan fingerprint density at radius 2 is 1.83 bits per heavy atom. The number of aromatic nitrogens is 1. The second-order valence-electron chi connectivity index (χ2n) is 6.36. The SMILES string of the molecule is O=C(NCc1ccc2c(c1)OCO2)c1cc(=O)c(OCc2ccc(F)cc2)c[nH]1. The monoisotopic (exact) mass is 396 g/mol. The topological polar surface area (TPSA) is 89.7 Å². The molecule has 0 saturated heterocycles. The normalized spacial score (nSPS) is 11.9. The first-order chi connectivity index (χ1) is 14.1. The van der Waals surface area contributed by atoms with Gasteiger partial charge in [-0.3, -0.25) is 9.59 Å². The van der Waals surface area contributed by atoms with Crippen LogP contribution in [0, 0.1) is 5.82 Å². The van der Waals surface area contributed by atoms with Gasteiger partial charge in [0.2, 0.25) is 12.2 Å². The molecule has 148 valence electrons. The summed E-state index contributed by atoms with van der Waals surface area (Å²) in [6.07, 6.45) is 1.33. The standard InChI is InChI=1S/C21H17FN2O5/c22-15-4-1-13(2-5-15)11-27-20-10-23-16(8-17(20)25)21(26)24-9-14-3-6-18-19(7-14)29-12-28-18/h1-8,10H,9,11-12H2,(H,23,25)(H,24,26). The molecule has 2 N–H and O–H groups in total. The highest BCUT2D eigenvalue weighted by Gasteiger charge is 2.14. The summed E-state index contributed by atoms with van der Waals surface area (Å²) in [6, 6.07) is 12.3. The Bertz CT molecular complexity index is 1090. The number of nitrogens with one attached hydrogen (secondary N) is 2. The lowest BCUT2D eigenvalue weighted by molar-refractivity contribution is 0.0945. The average molecular weight is 396 g/mol. The second-order valence-corrected chi connectivity index (χ2v) is 6.36. The van der Waals surface area contributed by atoms with Crippen molar-refractivity contribution in [3.63, 3.8) is 0 Å². The van der Waals surface area contributed by atoms with Gasteiger partial charge in [0.15, 0.2) is 17.2 Å². The number of carbonyl (C=O) groups excluding carboxylic acids is 1. The molecule has 0 atom stereocenters. The number of rotatable bonds is 6. The maximum Gasteiger partial charge on any atom is 0.268 e. The molecule has 4 rings (SSSR count). The van der Waals surface area contributed by atoms with Crippen molar-refractivity contribution in [2.24, 2.45) is 0 Å². The lowest BCUT2D eigenvalue weighted by atomic mass is 10.2. The number of pyridine rings is 1. The first-order valence-electron chi connectivity index (χ1n) is 8.85. The van der Waals surface area contributed by atoms with Crippen LogP contribution >= 0.6 is 0 Å². The van der Waals surface area contributed by atoms with E-state index in [1.165, 1.54) is 24.4 Å². The minimum absolute atomic E-state index is 0.0710. The van der Waals surface area contributed by atoms with Gasteiger partial charge in [0, 0.05) is 18.8 Å². The molecule has 29 heavy (non-hydrogen) atoms. The summed E-state index contributed by atoms with van der Waals surface area (Å²) in [7, 11) is 0. The van der Waals surface area contributed by atoms with Gasteiger partial charge >= 0.3 is 0 Å². The van der Waals surface area contributed by atoms with Crippen LogP contribution in [-0.2, 0) is 13.2 Å². The third-order valence-electron chi connectivity index (χ3n) is 4.32. The lowest BCUT2D eigenvalue weighted by Gasteiger charge is -2.08. The van der Waals surface area contributed by atoms with Crippen molar-refractivity contribution in [1.82, 2.24) is 10.3 Å². The van der Waals surface area contributed by atoms with Crippen LogP contribution in [0.3, 0.4) is 0 Å². The number of halogens is 1.